The van der Waals surface area contributed by atoms with Gasteiger partial charge in [-0.15, -0.1) is 11.3 Å². The van der Waals surface area contributed by atoms with Crippen LogP contribution in [0.25, 0.3) is 0 Å². The van der Waals surface area contributed by atoms with E-state index in [9.17, 15) is 23.5 Å². The molecule has 4 rings (SSSR count). The molecule has 0 radical (unpaired) electrons. The molecule has 7 nitrogen and oxygen atoms in total. The minimum atomic E-state index is -0.878. The van der Waals surface area contributed by atoms with Crippen LogP contribution in [-0.4, -0.2) is 39.9 Å². The predicted molar refractivity (Wildman–Crippen MR) is 122 cm³/mol. The van der Waals surface area contributed by atoms with Crippen molar-refractivity contribution in [3.63, 3.8) is 0 Å². The van der Waals surface area contributed by atoms with Crippen molar-refractivity contribution in [2.24, 2.45) is 0 Å². The summed E-state index contributed by atoms with van der Waals surface area (Å²) in [6.45, 7) is 2.83. The SMILES string of the molecule is O=C(Nc1ccc(C(=O)Nc2nc(CN3CCCCC3)cs2)c(O)c1)c1cc(F)cc(F)c1. The maximum atomic E-state index is 13.3. The van der Waals surface area contributed by atoms with Crippen LogP contribution in [0, 0.1) is 11.6 Å². The standard InChI is InChI=1S/C23H22F2N4O3S/c24-15-8-14(9-16(25)10-15)21(31)26-17-4-5-19(20(30)11-17)22(32)28-23-27-18(13-33-23)12-29-6-2-1-3-7-29/h4-5,8-11,13,30H,1-3,6-7,12H2,(H,26,31)(H,27,28,32). The van der Waals surface area contributed by atoms with E-state index >= 15 is 0 Å². The Bertz CT molecular complexity index is 1160. The van der Waals surface area contributed by atoms with Crippen molar-refractivity contribution >= 4 is 34.0 Å². The van der Waals surface area contributed by atoms with Gasteiger partial charge in [-0.05, 0) is 50.2 Å². The zero-order chi connectivity index (χ0) is 23.4. The second-order valence-corrected chi connectivity index (χ2v) is 8.64. The van der Waals surface area contributed by atoms with E-state index in [2.05, 4.69) is 20.5 Å². The highest BCUT2D eigenvalue weighted by atomic mass is 32.1. The predicted octanol–water partition coefficient (Wildman–Crippen LogP) is 4.62. The Morgan fingerprint density at radius 2 is 1.73 bits per heavy atom. The summed E-state index contributed by atoms with van der Waals surface area (Å²) < 4.78 is 26.6. The number of thiazole rings is 1. The second kappa shape index (κ2) is 10.1. The Labute approximate surface area is 193 Å². The third-order valence-corrected chi connectivity index (χ3v) is 6.04. The molecule has 0 bridgehead atoms. The molecular weight excluding hydrogens is 450 g/mol. The minimum Gasteiger partial charge on any atom is -0.507 e. The number of nitrogens with one attached hydrogen (secondary N) is 2. The minimum absolute atomic E-state index is 0.00224. The van der Waals surface area contributed by atoms with Crippen LogP contribution in [0.5, 0.6) is 5.75 Å². The van der Waals surface area contributed by atoms with Crippen molar-refractivity contribution in [3.8, 4) is 5.75 Å². The fraction of sp³-hybridized carbons (Fsp3) is 0.261. The number of rotatable bonds is 6. The molecule has 1 aliphatic rings. The number of aromatic nitrogens is 1. The third-order valence-electron chi connectivity index (χ3n) is 5.23. The van der Waals surface area contributed by atoms with E-state index in [1.807, 2.05) is 5.38 Å². The zero-order valence-corrected chi connectivity index (χ0v) is 18.4. The van der Waals surface area contributed by atoms with E-state index in [1.165, 1.54) is 48.8 Å². The summed E-state index contributed by atoms with van der Waals surface area (Å²) in [6, 6.07) is 6.39. The number of piperidine rings is 1. The molecule has 1 saturated heterocycles. The van der Waals surface area contributed by atoms with Crippen LogP contribution < -0.4 is 10.6 Å². The van der Waals surface area contributed by atoms with Gasteiger partial charge >= 0.3 is 0 Å². The van der Waals surface area contributed by atoms with Crippen LogP contribution in [0.2, 0.25) is 0 Å². The number of nitrogens with zero attached hydrogens (tertiary/aromatic N) is 2. The lowest BCUT2D eigenvalue weighted by Crippen LogP contribution is -2.29. The largest absolute Gasteiger partial charge is 0.507 e. The molecule has 1 aliphatic heterocycles. The van der Waals surface area contributed by atoms with Crippen molar-refractivity contribution in [1.29, 1.82) is 0 Å². The highest BCUT2D eigenvalue weighted by Crippen LogP contribution is 2.25. The molecular formula is C23H22F2N4O3S. The van der Waals surface area contributed by atoms with Gasteiger partial charge in [-0.1, -0.05) is 6.42 Å². The van der Waals surface area contributed by atoms with Crippen LogP contribution in [0.15, 0.2) is 41.8 Å². The number of aromatic hydroxyl groups is 1. The number of benzene rings is 2. The van der Waals surface area contributed by atoms with E-state index in [4.69, 9.17) is 0 Å². The highest BCUT2D eigenvalue weighted by molar-refractivity contribution is 7.14. The molecule has 0 unspecified atom stereocenters. The number of carbonyl (C=O) groups excluding carboxylic acids is 2. The van der Waals surface area contributed by atoms with Crippen LogP contribution >= 0.6 is 11.3 Å². The van der Waals surface area contributed by atoms with E-state index in [0.29, 0.717) is 11.2 Å². The third kappa shape index (κ3) is 5.91. The fourth-order valence-corrected chi connectivity index (χ4v) is 4.33. The van der Waals surface area contributed by atoms with Gasteiger partial charge in [0.05, 0.1) is 11.3 Å². The number of hydrogen-bond acceptors (Lipinski definition) is 6. The Morgan fingerprint density at radius 1 is 1.00 bits per heavy atom. The molecule has 2 heterocycles. The maximum absolute atomic E-state index is 13.3. The average molecular weight is 473 g/mol. The number of amides is 2. The van der Waals surface area contributed by atoms with Gasteiger partial charge in [0.1, 0.15) is 17.4 Å². The van der Waals surface area contributed by atoms with Crippen LogP contribution in [-0.2, 0) is 6.54 Å². The normalized spacial score (nSPS) is 14.1. The second-order valence-electron chi connectivity index (χ2n) is 7.78. The van der Waals surface area contributed by atoms with E-state index in [0.717, 1.165) is 37.5 Å². The Kier molecular flexibility index (Phi) is 6.95. The van der Waals surface area contributed by atoms with Gasteiger partial charge in [-0.3, -0.25) is 19.8 Å². The van der Waals surface area contributed by atoms with Gasteiger partial charge in [-0.25, -0.2) is 13.8 Å². The summed E-state index contributed by atoms with van der Waals surface area (Å²) in [5.41, 5.74) is 0.834. The fourth-order valence-electron chi connectivity index (χ4n) is 3.64. The molecule has 2 aromatic carbocycles. The molecule has 3 N–H and O–H groups in total. The van der Waals surface area contributed by atoms with Gasteiger partial charge in [0.25, 0.3) is 11.8 Å². The average Bonchev–Trinajstić information content (AvgIpc) is 3.20. The summed E-state index contributed by atoms with van der Waals surface area (Å²) in [7, 11) is 0. The summed E-state index contributed by atoms with van der Waals surface area (Å²) in [6.07, 6.45) is 3.62. The lowest BCUT2D eigenvalue weighted by atomic mass is 10.1. The molecule has 0 atom stereocenters. The van der Waals surface area contributed by atoms with Crippen molar-refractivity contribution in [1.82, 2.24) is 9.88 Å². The van der Waals surface area contributed by atoms with E-state index < -0.39 is 23.4 Å². The number of halogens is 2. The number of phenols is 1. The van der Waals surface area contributed by atoms with Crippen molar-refractivity contribution < 1.29 is 23.5 Å². The number of likely N-dealkylation sites (tertiary alicyclic amines) is 1. The van der Waals surface area contributed by atoms with Crippen molar-refractivity contribution in [2.45, 2.75) is 25.8 Å². The van der Waals surface area contributed by atoms with Crippen LogP contribution in [0.1, 0.15) is 45.7 Å². The summed E-state index contributed by atoms with van der Waals surface area (Å²) in [5, 5.41) is 17.7. The Balaban J connectivity index is 1.38. The lowest BCUT2D eigenvalue weighted by molar-refractivity contribution is 0.101. The Morgan fingerprint density at radius 3 is 2.42 bits per heavy atom. The van der Waals surface area contributed by atoms with Crippen molar-refractivity contribution in [3.05, 3.63) is 70.2 Å². The summed E-state index contributed by atoms with van der Waals surface area (Å²) in [4.78, 5) is 31.6. The molecule has 1 fully saturated rings. The van der Waals surface area contributed by atoms with Gasteiger partial charge in [0.2, 0.25) is 0 Å². The molecule has 10 heteroatoms. The number of hydrogen-bond donors (Lipinski definition) is 3. The Hall–Kier alpha value is -3.37. The molecule has 2 amide bonds. The topological polar surface area (TPSA) is 94.6 Å². The molecule has 1 aromatic heterocycles. The first-order chi connectivity index (χ1) is 15.9. The van der Waals surface area contributed by atoms with Gasteiger partial charge in [-0.2, -0.15) is 0 Å². The molecule has 0 saturated carbocycles. The molecule has 0 aliphatic carbocycles. The zero-order valence-electron chi connectivity index (χ0n) is 17.6. The number of anilines is 2. The molecule has 0 spiro atoms. The van der Waals surface area contributed by atoms with Crippen LogP contribution in [0.4, 0.5) is 19.6 Å². The van der Waals surface area contributed by atoms with E-state index in [1.54, 1.807) is 0 Å². The van der Waals surface area contributed by atoms with Gasteiger partial charge in [0, 0.05) is 35.3 Å². The quantitative estimate of drug-likeness (QED) is 0.487. The van der Waals surface area contributed by atoms with Gasteiger partial charge in [0.15, 0.2) is 5.13 Å². The summed E-state index contributed by atoms with van der Waals surface area (Å²) in [5.74, 6) is -3.42. The first-order valence-electron chi connectivity index (χ1n) is 10.5. The molecule has 3 aromatic rings. The highest BCUT2D eigenvalue weighted by Gasteiger charge is 2.17. The van der Waals surface area contributed by atoms with Crippen molar-refractivity contribution in [2.75, 3.05) is 23.7 Å². The monoisotopic (exact) mass is 472 g/mol. The molecule has 33 heavy (non-hydrogen) atoms. The first kappa shape index (κ1) is 22.8. The number of phenolic OH excluding ortho intramolecular Hbond substituents is 1. The smallest absolute Gasteiger partial charge is 0.261 e. The number of carbonyl (C=O) groups is 2. The first-order valence-corrected chi connectivity index (χ1v) is 11.3. The molecule has 172 valence electrons. The maximum Gasteiger partial charge on any atom is 0.261 e. The van der Waals surface area contributed by atoms with Gasteiger partial charge < -0.3 is 10.4 Å². The van der Waals surface area contributed by atoms with Crippen LogP contribution in [0.3, 0.4) is 0 Å². The summed E-state index contributed by atoms with van der Waals surface area (Å²) >= 11 is 1.31. The van der Waals surface area contributed by atoms with E-state index in [-0.39, 0.29) is 22.6 Å². The lowest BCUT2D eigenvalue weighted by Gasteiger charge is -2.25.